The Morgan fingerprint density at radius 3 is 2.64 bits per heavy atom. The molecule has 1 atom stereocenters. The summed E-state index contributed by atoms with van der Waals surface area (Å²) in [5, 5.41) is 5.10. The number of nitrogens with zero attached hydrogens (tertiary/aromatic N) is 2. The molecule has 0 bridgehead atoms. The predicted octanol–water partition coefficient (Wildman–Crippen LogP) is 5.69. The fourth-order valence-corrected chi connectivity index (χ4v) is 6.73. The van der Waals surface area contributed by atoms with Crippen molar-refractivity contribution in [3.63, 3.8) is 0 Å². The van der Waals surface area contributed by atoms with Gasteiger partial charge in [-0.15, -0.1) is 0 Å². The number of amides is 3. The summed E-state index contributed by atoms with van der Waals surface area (Å²) in [6.07, 6.45) is 6.10. The summed E-state index contributed by atoms with van der Waals surface area (Å²) in [6.45, 7) is 7.15. The molecule has 2 saturated heterocycles. The molecule has 2 fully saturated rings. The number of halogens is 3. The lowest BCUT2D eigenvalue weighted by Crippen LogP contribution is -2.42. The zero-order valence-corrected chi connectivity index (χ0v) is 25.4. The molecular formula is C33H34ClF2N5O3. The number of fused-ring (bicyclic) bond motifs is 1. The zero-order valence-electron chi connectivity index (χ0n) is 24.7. The molecule has 1 aromatic heterocycles. The van der Waals surface area contributed by atoms with Gasteiger partial charge in [0.25, 0.3) is 17.7 Å². The lowest BCUT2D eigenvalue weighted by molar-refractivity contribution is -0.110. The number of likely N-dealkylation sites (tertiary alicyclic amines) is 2. The number of aromatic amines is 1. The molecular weight excluding hydrogens is 588 g/mol. The third kappa shape index (κ3) is 5.64. The summed E-state index contributed by atoms with van der Waals surface area (Å²) in [5.41, 5.74) is 3.99. The van der Waals surface area contributed by atoms with Crippen molar-refractivity contribution in [2.24, 2.45) is 0 Å². The molecule has 0 aliphatic carbocycles. The molecule has 3 aromatic rings. The Hall–Kier alpha value is -4.02. The van der Waals surface area contributed by atoms with Crippen LogP contribution in [-0.2, 0) is 11.3 Å². The Kier molecular flexibility index (Phi) is 8.30. The smallest absolute Gasteiger partial charge is 0.256 e. The maximum absolute atomic E-state index is 14.3. The largest absolute Gasteiger partial charge is 0.358 e. The average molecular weight is 622 g/mol. The molecule has 0 radical (unpaired) electrons. The number of carbonyl (C=O) groups is 3. The molecule has 11 heteroatoms. The molecule has 3 aliphatic heterocycles. The van der Waals surface area contributed by atoms with Crippen LogP contribution in [0.3, 0.4) is 0 Å². The van der Waals surface area contributed by atoms with Crippen LogP contribution < -0.4 is 10.6 Å². The Labute approximate surface area is 259 Å². The summed E-state index contributed by atoms with van der Waals surface area (Å²) in [7, 11) is 0. The number of carbonyl (C=O) groups excluding carboxylic acids is 3. The number of aromatic nitrogens is 1. The minimum atomic E-state index is -0.928. The number of benzene rings is 2. The molecule has 0 unspecified atom stereocenters. The van der Waals surface area contributed by atoms with Crippen molar-refractivity contribution in [3.05, 3.63) is 86.2 Å². The summed E-state index contributed by atoms with van der Waals surface area (Å²) < 4.78 is 28.4. The molecule has 8 nitrogen and oxygen atoms in total. The highest BCUT2D eigenvalue weighted by molar-refractivity contribution is 6.35. The van der Waals surface area contributed by atoms with Gasteiger partial charge >= 0.3 is 0 Å². The van der Waals surface area contributed by atoms with Crippen LogP contribution in [0, 0.1) is 25.5 Å². The minimum Gasteiger partial charge on any atom is -0.358 e. The average Bonchev–Trinajstić information content (AvgIpc) is 3.79. The van der Waals surface area contributed by atoms with Crippen LogP contribution in [0.1, 0.15) is 74.5 Å². The number of H-pyrrole nitrogens is 1. The highest BCUT2D eigenvalue weighted by Crippen LogP contribution is 2.35. The molecule has 3 amide bonds. The molecule has 230 valence electrons. The monoisotopic (exact) mass is 621 g/mol. The fraction of sp³-hybridized carbons (Fsp3) is 0.364. The van der Waals surface area contributed by atoms with E-state index < -0.39 is 24.1 Å². The van der Waals surface area contributed by atoms with Crippen LogP contribution in [0.4, 0.5) is 14.5 Å². The number of anilines is 1. The van der Waals surface area contributed by atoms with E-state index in [2.05, 4.69) is 20.5 Å². The van der Waals surface area contributed by atoms with Gasteiger partial charge in [0.1, 0.15) is 11.6 Å². The second kappa shape index (κ2) is 12.2. The van der Waals surface area contributed by atoms with Crippen LogP contribution >= 0.6 is 11.6 Å². The first-order valence-corrected chi connectivity index (χ1v) is 15.3. The van der Waals surface area contributed by atoms with Gasteiger partial charge in [0.15, 0.2) is 0 Å². The highest BCUT2D eigenvalue weighted by atomic mass is 35.5. The van der Waals surface area contributed by atoms with Crippen molar-refractivity contribution in [1.29, 1.82) is 0 Å². The minimum absolute atomic E-state index is 0.00500. The van der Waals surface area contributed by atoms with Gasteiger partial charge in [0.2, 0.25) is 0 Å². The number of hydrogen-bond acceptors (Lipinski definition) is 4. The van der Waals surface area contributed by atoms with Crippen LogP contribution in [-0.4, -0.2) is 64.7 Å². The van der Waals surface area contributed by atoms with Gasteiger partial charge in [-0.2, -0.15) is 0 Å². The first-order chi connectivity index (χ1) is 21.1. The quantitative estimate of drug-likeness (QED) is 0.233. The second-order valence-corrected chi connectivity index (χ2v) is 12.2. The molecule has 6 rings (SSSR count). The van der Waals surface area contributed by atoms with E-state index in [1.54, 1.807) is 18.2 Å². The van der Waals surface area contributed by atoms with E-state index in [1.165, 1.54) is 18.9 Å². The van der Waals surface area contributed by atoms with E-state index in [0.717, 1.165) is 62.4 Å². The van der Waals surface area contributed by atoms with Crippen LogP contribution in [0.5, 0.6) is 0 Å². The van der Waals surface area contributed by atoms with Crippen molar-refractivity contribution in [3.8, 4) is 0 Å². The number of rotatable bonds is 7. The normalized spacial score (nSPS) is 19.1. The third-order valence-electron chi connectivity index (χ3n) is 8.91. The fourth-order valence-electron chi connectivity index (χ4n) is 6.56. The van der Waals surface area contributed by atoms with Gasteiger partial charge in [-0.05, 0) is 94.6 Å². The van der Waals surface area contributed by atoms with Crippen molar-refractivity contribution >= 4 is 46.7 Å². The Morgan fingerprint density at radius 2 is 1.86 bits per heavy atom. The molecule has 44 heavy (non-hydrogen) atoms. The van der Waals surface area contributed by atoms with Gasteiger partial charge < -0.3 is 25.4 Å². The second-order valence-electron chi connectivity index (χ2n) is 11.7. The Morgan fingerprint density at radius 1 is 1.09 bits per heavy atom. The lowest BCUT2D eigenvalue weighted by atomic mass is 10.0. The van der Waals surface area contributed by atoms with Crippen molar-refractivity contribution < 1.29 is 23.2 Å². The van der Waals surface area contributed by atoms with Gasteiger partial charge in [-0.1, -0.05) is 11.6 Å². The van der Waals surface area contributed by atoms with Crippen molar-refractivity contribution in [1.82, 2.24) is 20.1 Å². The zero-order chi connectivity index (χ0) is 31.1. The maximum atomic E-state index is 14.3. The summed E-state index contributed by atoms with van der Waals surface area (Å²) >= 11 is 5.76. The van der Waals surface area contributed by atoms with E-state index in [9.17, 15) is 23.2 Å². The van der Waals surface area contributed by atoms with Crippen LogP contribution in [0.15, 0.2) is 30.3 Å². The summed E-state index contributed by atoms with van der Waals surface area (Å²) in [5.74, 6) is -2.65. The van der Waals surface area contributed by atoms with Gasteiger partial charge in [-0.3, -0.25) is 14.4 Å². The molecule has 4 heterocycles. The van der Waals surface area contributed by atoms with E-state index in [-0.39, 0.29) is 34.0 Å². The summed E-state index contributed by atoms with van der Waals surface area (Å²) in [6, 6.07) is 7.04. The van der Waals surface area contributed by atoms with Crippen molar-refractivity contribution in [2.75, 3.05) is 31.5 Å². The topological polar surface area (TPSA) is 97.5 Å². The Balaban J connectivity index is 1.23. The number of aryl methyl sites for hydroxylation is 1. The first kappa shape index (κ1) is 30.0. The molecule has 3 aliphatic rings. The molecule has 0 spiro atoms. The molecule has 0 saturated carbocycles. The van der Waals surface area contributed by atoms with Gasteiger partial charge in [0, 0.05) is 59.4 Å². The predicted molar refractivity (Wildman–Crippen MR) is 165 cm³/mol. The van der Waals surface area contributed by atoms with Gasteiger partial charge in [-0.25, -0.2) is 8.78 Å². The Bertz CT molecular complexity index is 1690. The third-order valence-corrected chi connectivity index (χ3v) is 9.21. The number of nitrogens with one attached hydrogen (secondary N) is 3. The number of hydrogen-bond donors (Lipinski definition) is 3. The first-order valence-electron chi connectivity index (χ1n) is 14.9. The van der Waals surface area contributed by atoms with E-state index >= 15 is 0 Å². The molecule has 2 aromatic carbocycles. The van der Waals surface area contributed by atoms with Gasteiger partial charge in [0.05, 0.1) is 16.2 Å². The SMILES string of the molecule is Cc1[nH]c(/C=C2\C(=O)Nc3ccc(C(=O)NCc4c(F)ccc(Cl)c4F)cc32)c(C)c1C(=O)N1CCC[C@@H]1CN1CCCC1. The highest BCUT2D eigenvalue weighted by Gasteiger charge is 2.34. The summed E-state index contributed by atoms with van der Waals surface area (Å²) in [4.78, 5) is 47.5. The maximum Gasteiger partial charge on any atom is 0.256 e. The van der Waals surface area contributed by atoms with E-state index in [4.69, 9.17) is 11.6 Å². The molecule has 3 N–H and O–H groups in total. The standard InChI is InChI=1S/C33H34ClF2N5O3/c1-18-28(38-19(2)29(18)33(44)41-13-5-6-21(41)17-40-11-3-4-12-40)15-23-22-14-20(7-10-27(22)39-32(23)43)31(42)37-16-24-26(35)9-8-25(34)30(24)36/h7-10,14-15,21,38H,3-6,11-13,16-17H2,1-2H3,(H,37,42)(H,39,43)/b23-15-/t21-/m1/s1. The van der Waals surface area contributed by atoms with Crippen LogP contribution in [0.2, 0.25) is 5.02 Å². The lowest BCUT2D eigenvalue weighted by Gasteiger charge is -2.28. The van der Waals surface area contributed by atoms with Crippen LogP contribution in [0.25, 0.3) is 11.6 Å². The van der Waals surface area contributed by atoms with Crippen molar-refractivity contribution in [2.45, 2.75) is 52.1 Å². The van der Waals surface area contributed by atoms with E-state index in [0.29, 0.717) is 28.1 Å². The van der Waals surface area contributed by atoms with E-state index in [1.807, 2.05) is 18.7 Å².